The first-order valence-electron chi connectivity index (χ1n) is 12.4. The molecule has 0 unspecified atom stereocenters. The fraction of sp³-hybridized carbons (Fsp3) is 0.393. The number of nitrogens with zero attached hydrogens (tertiary/aromatic N) is 1. The molecule has 0 bridgehead atoms. The van der Waals surface area contributed by atoms with E-state index in [9.17, 15) is 13.2 Å². The predicted molar refractivity (Wildman–Crippen MR) is 149 cm³/mol. The Kier molecular flexibility index (Phi) is 7.96. The molecule has 9 heteroatoms. The van der Waals surface area contributed by atoms with Gasteiger partial charge in [0.25, 0.3) is 10.0 Å². The van der Waals surface area contributed by atoms with Crippen molar-refractivity contribution in [1.82, 2.24) is 4.31 Å². The minimum absolute atomic E-state index is 0.0712. The molecule has 2 aromatic carbocycles. The van der Waals surface area contributed by atoms with Crippen molar-refractivity contribution in [2.75, 3.05) is 25.5 Å². The molecule has 1 fully saturated rings. The Morgan fingerprint density at radius 2 is 1.81 bits per heavy atom. The normalized spacial score (nSPS) is 15.5. The minimum atomic E-state index is -3.60. The third kappa shape index (κ3) is 6.17. The van der Waals surface area contributed by atoms with Gasteiger partial charge in [-0.05, 0) is 60.2 Å². The second kappa shape index (κ2) is 10.8. The van der Waals surface area contributed by atoms with Crippen LogP contribution in [-0.2, 0) is 21.9 Å². The maximum atomic E-state index is 13.4. The predicted octanol–water partition coefficient (Wildman–Crippen LogP) is 5.01. The van der Waals surface area contributed by atoms with Crippen LogP contribution in [0.2, 0.25) is 0 Å². The molecular formula is C28H35N3O4S2. The first-order valence-corrected chi connectivity index (χ1v) is 14.7. The summed E-state index contributed by atoms with van der Waals surface area (Å²) in [6.07, 6.45) is 1.84. The fourth-order valence-corrected chi connectivity index (χ4v) is 7.61. The Morgan fingerprint density at radius 1 is 1.11 bits per heavy atom. The summed E-state index contributed by atoms with van der Waals surface area (Å²) in [7, 11) is -2.06. The van der Waals surface area contributed by atoms with Crippen molar-refractivity contribution in [3.8, 4) is 5.75 Å². The topological polar surface area (TPSA) is 102 Å². The lowest BCUT2D eigenvalue weighted by molar-refractivity contribution is 0.0999. The first kappa shape index (κ1) is 27.2. The Bertz CT molecular complexity index is 1370. The molecule has 198 valence electrons. The number of benzene rings is 2. The number of nitrogens with one attached hydrogen (secondary N) is 1. The standard InChI is InChI=1S/C28H35N3O4S2/c1-28(2,3)19-7-5-8-21(17-19)30-20-13-15-31(16-14-20)37(33,34)26-12-11-22(36-26)18-24-23(27(29)32)9-6-10-25(24)35-4/h5-12,17,20,30H,13-16,18H2,1-4H3,(H2,29,32). The maximum absolute atomic E-state index is 13.4. The first-order chi connectivity index (χ1) is 17.5. The van der Waals surface area contributed by atoms with E-state index in [1.54, 1.807) is 34.6 Å². The van der Waals surface area contributed by atoms with Crippen LogP contribution in [0.25, 0.3) is 0 Å². The van der Waals surface area contributed by atoms with E-state index in [2.05, 4.69) is 50.4 Å². The molecule has 0 spiro atoms. The number of amides is 1. The van der Waals surface area contributed by atoms with Crippen LogP contribution >= 0.6 is 11.3 Å². The van der Waals surface area contributed by atoms with Crippen LogP contribution in [0.1, 0.15) is 60.0 Å². The zero-order valence-electron chi connectivity index (χ0n) is 21.8. The van der Waals surface area contributed by atoms with E-state index in [4.69, 9.17) is 10.5 Å². The van der Waals surface area contributed by atoms with Gasteiger partial charge in [-0.2, -0.15) is 4.31 Å². The molecule has 4 rings (SSSR count). The van der Waals surface area contributed by atoms with Gasteiger partial charge < -0.3 is 15.8 Å². The van der Waals surface area contributed by atoms with Crippen LogP contribution in [0.3, 0.4) is 0 Å². The van der Waals surface area contributed by atoms with Crippen molar-refractivity contribution >= 4 is 33.0 Å². The Morgan fingerprint density at radius 3 is 2.46 bits per heavy atom. The summed E-state index contributed by atoms with van der Waals surface area (Å²) >= 11 is 1.22. The van der Waals surface area contributed by atoms with Crippen LogP contribution in [0.4, 0.5) is 5.69 Å². The summed E-state index contributed by atoms with van der Waals surface area (Å²) in [6.45, 7) is 7.50. The number of methoxy groups -OCH3 is 1. The maximum Gasteiger partial charge on any atom is 0.252 e. The van der Waals surface area contributed by atoms with Crippen molar-refractivity contribution < 1.29 is 17.9 Å². The molecule has 7 nitrogen and oxygen atoms in total. The van der Waals surface area contributed by atoms with Gasteiger partial charge in [-0.3, -0.25) is 4.79 Å². The molecule has 3 aromatic rings. The molecular weight excluding hydrogens is 506 g/mol. The summed E-state index contributed by atoms with van der Waals surface area (Å²) in [5.74, 6) is 0.0108. The van der Waals surface area contributed by atoms with Crippen molar-refractivity contribution in [2.45, 2.75) is 55.7 Å². The van der Waals surface area contributed by atoms with E-state index >= 15 is 0 Å². The zero-order valence-corrected chi connectivity index (χ0v) is 23.4. The quantitative estimate of drug-likeness (QED) is 0.418. The number of sulfonamides is 1. The molecule has 1 aliphatic rings. The Balaban J connectivity index is 1.42. The molecule has 0 atom stereocenters. The van der Waals surface area contributed by atoms with E-state index in [1.807, 2.05) is 0 Å². The average Bonchev–Trinajstić information content (AvgIpc) is 3.33. The number of anilines is 1. The molecule has 3 N–H and O–H groups in total. The zero-order chi connectivity index (χ0) is 26.8. The van der Waals surface area contributed by atoms with Crippen LogP contribution in [-0.4, -0.2) is 44.9 Å². The third-order valence-electron chi connectivity index (χ3n) is 6.75. The molecule has 1 saturated heterocycles. The molecule has 2 heterocycles. The molecule has 37 heavy (non-hydrogen) atoms. The average molecular weight is 542 g/mol. The molecule has 1 aliphatic heterocycles. The monoisotopic (exact) mass is 541 g/mol. The minimum Gasteiger partial charge on any atom is -0.496 e. The van der Waals surface area contributed by atoms with Gasteiger partial charge in [0.1, 0.15) is 9.96 Å². The number of primary amides is 1. The second-order valence-electron chi connectivity index (χ2n) is 10.4. The summed E-state index contributed by atoms with van der Waals surface area (Å²) in [5.41, 5.74) is 8.99. The Hall–Kier alpha value is -2.88. The number of carbonyl (C=O) groups excluding carboxylic acids is 1. The van der Waals surface area contributed by atoms with Gasteiger partial charge in [0.15, 0.2) is 0 Å². The van der Waals surface area contributed by atoms with Crippen molar-refractivity contribution in [3.05, 3.63) is 76.2 Å². The van der Waals surface area contributed by atoms with E-state index in [1.165, 1.54) is 24.0 Å². The lowest BCUT2D eigenvalue weighted by Crippen LogP contribution is -2.42. The molecule has 1 aromatic heterocycles. The molecule has 0 aliphatic carbocycles. The van der Waals surface area contributed by atoms with E-state index < -0.39 is 15.9 Å². The van der Waals surface area contributed by atoms with Gasteiger partial charge in [0, 0.05) is 47.2 Å². The van der Waals surface area contributed by atoms with Gasteiger partial charge in [-0.1, -0.05) is 39.0 Å². The van der Waals surface area contributed by atoms with Gasteiger partial charge in [-0.25, -0.2) is 8.42 Å². The SMILES string of the molecule is COc1cccc(C(N)=O)c1Cc1ccc(S(=O)(=O)N2CCC(Nc3cccc(C(C)(C)C)c3)CC2)s1. The highest BCUT2D eigenvalue weighted by Gasteiger charge is 2.31. The van der Waals surface area contributed by atoms with E-state index in [-0.39, 0.29) is 11.5 Å². The van der Waals surface area contributed by atoms with E-state index in [0.717, 1.165) is 23.4 Å². The molecule has 1 amide bonds. The number of carbonyl (C=O) groups is 1. The smallest absolute Gasteiger partial charge is 0.252 e. The Labute approximate surface area is 223 Å². The lowest BCUT2D eigenvalue weighted by atomic mass is 9.87. The fourth-order valence-electron chi connectivity index (χ4n) is 4.62. The van der Waals surface area contributed by atoms with Crippen LogP contribution in [0.5, 0.6) is 5.75 Å². The number of ether oxygens (including phenoxy) is 1. The summed E-state index contributed by atoms with van der Waals surface area (Å²) in [5, 5.41) is 3.59. The summed E-state index contributed by atoms with van der Waals surface area (Å²) < 4.78 is 34.1. The number of nitrogens with two attached hydrogens (primary N) is 1. The number of hydrogen-bond acceptors (Lipinski definition) is 6. The van der Waals surface area contributed by atoms with Crippen LogP contribution in [0, 0.1) is 0 Å². The second-order valence-corrected chi connectivity index (χ2v) is 13.7. The van der Waals surface area contributed by atoms with Crippen LogP contribution < -0.4 is 15.8 Å². The summed E-state index contributed by atoms with van der Waals surface area (Å²) in [6, 6.07) is 17.3. The van der Waals surface area contributed by atoms with Crippen molar-refractivity contribution in [1.29, 1.82) is 0 Å². The number of hydrogen-bond donors (Lipinski definition) is 2. The third-order valence-corrected chi connectivity index (χ3v) is 10.2. The van der Waals surface area contributed by atoms with Gasteiger partial charge >= 0.3 is 0 Å². The number of piperidine rings is 1. The largest absolute Gasteiger partial charge is 0.496 e. The van der Waals surface area contributed by atoms with E-state index in [0.29, 0.717) is 40.6 Å². The lowest BCUT2D eigenvalue weighted by Gasteiger charge is -2.32. The molecule has 0 radical (unpaired) electrons. The van der Waals surface area contributed by atoms with Crippen molar-refractivity contribution in [2.24, 2.45) is 5.73 Å². The highest BCUT2D eigenvalue weighted by atomic mass is 32.2. The van der Waals surface area contributed by atoms with Gasteiger partial charge in [0.05, 0.1) is 7.11 Å². The van der Waals surface area contributed by atoms with Gasteiger partial charge in [-0.15, -0.1) is 11.3 Å². The highest BCUT2D eigenvalue weighted by molar-refractivity contribution is 7.91. The highest BCUT2D eigenvalue weighted by Crippen LogP contribution is 2.32. The van der Waals surface area contributed by atoms with Crippen molar-refractivity contribution in [3.63, 3.8) is 0 Å². The summed E-state index contributed by atoms with van der Waals surface area (Å²) in [4.78, 5) is 12.7. The van der Waals surface area contributed by atoms with Gasteiger partial charge in [0.2, 0.25) is 5.91 Å². The number of rotatable bonds is 8. The van der Waals surface area contributed by atoms with Crippen LogP contribution in [0.15, 0.2) is 58.8 Å². The molecule has 0 saturated carbocycles. The number of thiophene rings is 1.